The van der Waals surface area contributed by atoms with Gasteiger partial charge in [-0.15, -0.1) is 0 Å². The summed E-state index contributed by atoms with van der Waals surface area (Å²) in [4.78, 5) is 19.7. The molecule has 0 unspecified atom stereocenters. The fraction of sp³-hybridized carbons (Fsp3) is 0.364. The zero-order valence-electron chi connectivity index (χ0n) is 16.0. The van der Waals surface area contributed by atoms with E-state index in [4.69, 9.17) is 14.5 Å². The molecule has 1 atom stereocenters. The minimum atomic E-state index is 0.0699. The van der Waals surface area contributed by atoms with Crippen molar-refractivity contribution in [2.75, 3.05) is 25.2 Å². The molecule has 0 aliphatic carbocycles. The van der Waals surface area contributed by atoms with E-state index in [2.05, 4.69) is 0 Å². The van der Waals surface area contributed by atoms with Crippen molar-refractivity contribution in [1.82, 2.24) is 4.98 Å². The SMILES string of the molecule is COc1ccccc1CCC(=O)N(C[C@H]1CCCO1)c1nc2ccccc2s1. The highest BCUT2D eigenvalue weighted by atomic mass is 32.1. The number of benzene rings is 2. The zero-order valence-corrected chi connectivity index (χ0v) is 16.8. The van der Waals surface area contributed by atoms with Crippen molar-refractivity contribution in [3.63, 3.8) is 0 Å². The van der Waals surface area contributed by atoms with Crippen LogP contribution >= 0.6 is 11.3 Å². The largest absolute Gasteiger partial charge is 0.496 e. The fourth-order valence-corrected chi connectivity index (χ4v) is 4.53. The molecule has 6 heteroatoms. The fourth-order valence-electron chi connectivity index (χ4n) is 3.54. The van der Waals surface area contributed by atoms with Gasteiger partial charge in [-0.05, 0) is 43.0 Å². The lowest BCUT2D eigenvalue weighted by Crippen LogP contribution is -2.37. The predicted octanol–water partition coefficient (Wildman–Crippen LogP) is 4.45. The van der Waals surface area contributed by atoms with Gasteiger partial charge in [-0.2, -0.15) is 0 Å². The maximum atomic E-state index is 13.2. The van der Waals surface area contributed by atoms with Crippen molar-refractivity contribution in [2.45, 2.75) is 31.8 Å². The summed E-state index contributed by atoms with van der Waals surface area (Å²) in [5.74, 6) is 0.890. The second-order valence-corrected chi connectivity index (χ2v) is 7.92. The van der Waals surface area contributed by atoms with Crippen LogP contribution in [0.3, 0.4) is 0 Å². The van der Waals surface area contributed by atoms with Gasteiger partial charge < -0.3 is 9.47 Å². The minimum Gasteiger partial charge on any atom is -0.496 e. The van der Waals surface area contributed by atoms with Crippen LogP contribution in [-0.4, -0.2) is 37.3 Å². The number of hydrogen-bond acceptors (Lipinski definition) is 5. The molecule has 5 nitrogen and oxygen atoms in total. The Kier molecular flexibility index (Phi) is 5.88. The van der Waals surface area contributed by atoms with Crippen molar-refractivity contribution in [1.29, 1.82) is 0 Å². The van der Waals surface area contributed by atoms with Crippen molar-refractivity contribution in [3.05, 3.63) is 54.1 Å². The second-order valence-electron chi connectivity index (χ2n) is 6.92. The Hall–Kier alpha value is -2.44. The first kappa shape index (κ1) is 18.9. The highest BCUT2D eigenvalue weighted by Crippen LogP contribution is 2.30. The Morgan fingerprint density at radius 1 is 1.25 bits per heavy atom. The first-order valence-electron chi connectivity index (χ1n) is 9.64. The third-order valence-electron chi connectivity index (χ3n) is 5.03. The molecule has 1 aliphatic rings. The number of carbonyl (C=O) groups excluding carboxylic acids is 1. The van der Waals surface area contributed by atoms with E-state index in [9.17, 15) is 4.79 Å². The van der Waals surface area contributed by atoms with E-state index >= 15 is 0 Å². The lowest BCUT2D eigenvalue weighted by atomic mass is 10.1. The number of aryl methyl sites for hydroxylation is 1. The molecular weight excluding hydrogens is 372 g/mol. The van der Waals surface area contributed by atoms with E-state index in [1.165, 1.54) is 0 Å². The summed E-state index contributed by atoms with van der Waals surface area (Å²) in [5, 5.41) is 0.752. The Balaban J connectivity index is 1.54. The standard InChI is InChI=1S/C22H24N2O3S/c1-26-19-10-4-2-7-16(19)12-13-21(25)24(15-17-8-6-14-27-17)22-23-18-9-3-5-11-20(18)28-22/h2-5,7,9-11,17H,6,8,12-15H2,1H3/t17-/m1/s1. The molecule has 3 aromatic rings. The lowest BCUT2D eigenvalue weighted by molar-refractivity contribution is -0.119. The summed E-state index contributed by atoms with van der Waals surface area (Å²) in [6.07, 6.45) is 3.16. The van der Waals surface area contributed by atoms with Gasteiger partial charge in [-0.25, -0.2) is 4.98 Å². The Bertz CT molecular complexity index is 917. The van der Waals surface area contributed by atoms with Gasteiger partial charge in [0.1, 0.15) is 5.75 Å². The molecule has 1 saturated heterocycles. The number of fused-ring (bicyclic) bond motifs is 1. The normalized spacial score (nSPS) is 16.4. The molecular formula is C22H24N2O3S. The number of nitrogens with zero attached hydrogens (tertiary/aromatic N) is 2. The summed E-state index contributed by atoms with van der Waals surface area (Å²) < 4.78 is 12.3. The number of carbonyl (C=O) groups is 1. The summed E-state index contributed by atoms with van der Waals surface area (Å²) in [6.45, 7) is 1.33. The van der Waals surface area contributed by atoms with E-state index in [-0.39, 0.29) is 12.0 Å². The third-order valence-corrected chi connectivity index (χ3v) is 6.08. The van der Waals surface area contributed by atoms with Crippen LogP contribution in [-0.2, 0) is 16.0 Å². The molecule has 0 radical (unpaired) electrons. The van der Waals surface area contributed by atoms with Gasteiger partial charge in [-0.3, -0.25) is 9.69 Å². The molecule has 1 aromatic heterocycles. The highest BCUT2D eigenvalue weighted by Gasteiger charge is 2.26. The molecule has 0 spiro atoms. The number of amides is 1. The van der Waals surface area contributed by atoms with Crippen LogP contribution in [0, 0.1) is 0 Å². The number of rotatable bonds is 7. The average Bonchev–Trinajstić information content (AvgIpc) is 3.39. The summed E-state index contributed by atoms with van der Waals surface area (Å²) >= 11 is 1.56. The van der Waals surface area contributed by atoms with Crippen molar-refractivity contribution < 1.29 is 14.3 Å². The van der Waals surface area contributed by atoms with Gasteiger partial charge in [0.2, 0.25) is 5.91 Å². The Morgan fingerprint density at radius 2 is 2.07 bits per heavy atom. The van der Waals surface area contributed by atoms with E-state index < -0.39 is 0 Å². The molecule has 0 bridgehead atoms. The van der Waals surface area contributed by atoms with Crippen LogP contribution in [0.1, 0.15) is 24.8 Å². The lowest BCUT2D eigenvalue weighted by Gasteiger charge is -2.23. The average molecular weight is 397 g/mol. The Labute approximate surface area is 168 Å². The summed E-state index contributed by atoms with van der Waals surface area (Å²) in [6, 6.07) is 15.8. The number of ether oxygens (including phenoxy) is 2. The molecule has 2 aromatic carbocycles. The first-order chi connectivity index (χ1) is 13.7. The molecule has 0 saturated carbocycles. The minimum absolute atomic E-state index is 0.0699. The molecule has 146 valence electrons. The van der Waals surface area contributed by atoms with Crippen LogP contribution in [0.15, 0.2) is 48.5 Å². The number of aromatic nitrogens is 1. The van der Waals surface area contributed by atoms with Crippen LogP contribution < -0.4 is 9.64 Å². The van der Waals surface area contributed by atoms with Crippen LogP contribution in [0.2, 0.25) is 0 Å². The number of hydrogen-bond donors (Lipinski definition) is 0. The van der Waals surface area contributed by atoms with Crippen molar-refractivity contribution in [3.8, 4) is 5.75 Å². The molecule has 4 rings (SSSR count). The van der Waals surface area contributed by atoms with Gasteiger partial charge in [0, 0.05) is 13.0 Å². The second kappa shape index (κ2) is 8.71. The molecule has 28 heavy (non-hydrogen) atoms. The van der Waals surface area contributed by atoms with Gasteiger partial charge in [0.05, 0.1) is 30.0 Å². The first-order valence-corrected chi connectivity index (χ1v) is 10.5. The van der Waals surface area contributed by atoms with Crippen molar-refractivity contribution in [2.24, 2.45) is 0 Å². The molecule has 2 heterocycles. The maximum absolute atomic E-state index is 13.2. The molecule has 1 fully saturated rings. The number of methoxy groups -OCH3 is 1. The van der Waals surface area contributed by atoms with Crippen LogP contribution in [0.4, 0.5) is 5.13 Å². The molecule has 1 aliphatic heterocycles. The van der Waals surface area contributed by atoms with Crippen molar-refractivity contribution >= 4 is 32.6 Å². The van der Waals surface area contributed by atoms with E-state index in [1.807, 2.05) is 53.4 Å². The predicted molar refractivity (Wildman–Crippen MR) is 112 cm³/mol. The van der Waals surface area contributed by atoms with Gasteiger partial charge in [-0.1, -0.05) is 41.7 Å². The van der Waals surface area contributed by atoms with Gasteiger partial charge >= 0.3 is 0 Å². The molecule has 1 amide bonds. The van der Waals surface area contributed by atoms with E-state index in [1.54, 1.807) is 18.4 Å². The van der Waals surface area contributed by atoms with Crippen LogP contribution in [0.25, 0.3) is 10.2 Å². The summed E-state index contributed by atoms with van der Waals surface area (Å²) in [7, 11) is 1.66. The highest BCUT2D eigenvalue weighted by molar-refractivity contribution is 7.22. The van der Waals surface area contributed by atoms with E-state index in [0.717, 1.165) is 46.1 Å². The number of thiazole rings is 1. The van der Waals surface area contributed by atoms with Gasteiger partial charge in [0.15, 0.2) is 5.13 Å². The Morgan fingerprint density at radius 3 is 2.86 bits per heavy atom. The summed E-state index contributed by atoms with van der Waals surface area (Å²) in [5.41, 5.74) is 1.97. The monoisotopic (exact) mass is 396 g/mol. The maximum Gasteiger partial charge on any atom is 0.229 e. The van der Waals surface area contributed by atoms with Gasteiger partial charge in [0.25, 0.3) is 0 Å². The topological polar surface area (TPSA) is 51.7 Å². The van der Waals surface area contributed by atoms with Crippen LogP contribution in [0.5, 0.6) is 5.75 Å². The van der Waals surface area contributed by atoms with E-state index in [0.29, 0.717) is 19.4 Å². The number of para-hydroxylation sites is 2. The zero-order chi connectivity index (χ0) is 19.3. The number of anilines is 1. The smallest absolute Gasteiger partial charge is 0.229 e. The third kappa shape index (κ3) is 4.18. The molecule has 0 N–H and O–H groups in total. The quantitative estimate of drug-likeness (QED) is 0.592.